The minimum atomic E-state index is -4.58. The summed E-state index contributed by atoms with van der Waals surface area (Å²) in [7, 11) is -8.87. The summed E-state index contributed by atoms with van der Waals surface area (Å²) < 4.78 is 65.9. The van der Waals surface area contributed by atoms with Gasteiger partial charge in [-0.3, -0.25) is 9.11 Å². The zero-order valence-electron chi connectivity index (χ0n) is 27.9. The molecule has 0 radical (unpaired) electrons. The zero-order valence-corrected chi connectivity index (χ0v) is 29.6. The van der Waals surface area contributed by atoms with Crippen molar-refractivity contribution in [2.45, 2.75) is 9.79 Å². The topological polar surface area (TPSA) is 208 Å². The van der Waals surface area contributed by atoms with Gasteiger partial charge in [0.25, 0.3) is 20.2 Å². The van der Waals surface area contributed by atoms with Crippen LogP contribution in [0.4, 0.5) is 45.5 Å². The molecule has 0 spiro atoms. The molecule has 0 fully saturated rings. The Balaban J connectivity index is 1.06. The van der Waals surface area contributed by atoms with Crippen molar-refractivity contribution in [3.63, 3.8) is 0 Å². The van der Waals surface area contributed by atoms with Crippen molar-refractivity contribution in [3.8, 4) is 0 Å². The molecule has 14 nitrogen and oxygen atoms in total. The average Bonchev–Trinajstić information content (AvgIpc) is 3.18. The van der Waals surface area contributed by atoms with E-state index in [-0.39, 0.29) is 21.0 Å². The van der Waals surface area contributed by atoms with E-state index in [1.165, 1.54) is 36.4 Å². The van der Waals surface area contributed by atoms with Crippen LogP contribution in [0.3, 0.4) is 0 Å². The molecule has 6 rings (SSSR count). The van der Waals surface area contributed by atoms with Crippen molar-refractivity contribution in [2.75, 3.05) is 0 Å². The van der Waals surface area contributed by atoms with Gasteiger partial charge in [0.2, 0.25) is 0 Å². The molecule has 0 saturated carbocycles. The molecule has 0 aliphatic rings. The summed E-state index contributed by atoms with van der Waals surface area (Å²) in [4.78, 5) is -0.554. The highest BCUT2D eigenvalue weighted by atomic mass is 32.2. The first-order valence-corrected chi connectivity index (χ1v) is 18.8. The molecule has 2 N–H and O–H groups in total. The van der Waals surface area contributed by atoms with E-state index in [0.717, 1.165) is 11.3 Å². The van der Waals surface area contributed by atoms with Gasteiger partial charge in [0, 0.05) is 0 Å². The fraction of sp³-hybridized carbons (Fsp3) is 0. The summed E-state index contributed by atoms with van der Waals surface area (Å²) in [6, 6.07) is 39.7. The van der Waals surface area contributed by atoms with Gasteiger partial charge in [-0.1, -0.05) is 48.6 Å². The summed E-state index contributed by atoms with van der Waals surface area (Å²) in [5, 5.41) is 33.3. The van der Waals surface area contributed by atoms with Crippen LogP contribution in [-0.2, 0) is 20.2 Å². The van der Waals surface area contributed by atoms with Gasteiger partial charge in [-0.05, 0) is 120 Å². The third-order valence-electron chi connectivity index (χ3n) is 7.34. The fourth-order valence-corrected chi connectivity index (χ4v) is 5.78. The molecule has 6 aromatic rings. The highest BCUT2D eigenvalue weighted by Crippen LogP contribution is 2.29. The third-order valence-corrected chi connectivity index (χ3v) is 9.11. The molecule has 0 aliphatic carbocycles. The lowest BCUT2D eigenvalue weighted by Crippen LogP contribution is -2.00. The summed E-state index contributed by atoms with van der Waals surface area (Å²) >= 11 is 0. The largest absolute Gasteiger partial charge is 0.295 e. The Bertz CT molecular complexity index is 2610. The molecule has 6 aromatic carbocycles. The SMILES string of the molecule is O=S(=O)(O)c1ccc(N=Nc2ccc(N=Nc3ccc(C=Cc4ccc(N=Nc5ccc(N=Nc6ccccc6)cc5)cc4S(=O)(=O)O)cc3)cc2)cc1. The molecular weight excluding hydrogens is 729 g/mol. The number of hydrogen-bond acceptors (Lipinski definition) is 12. The van der Waals surface area contributed by atoms with Gasteiger partial charge in [-0.15, -0.1) is 0 Å². The van der Waals surface area contributed by atoms with E-state index in [2.05, 4.69) is 40.9 Å². The van der Waals surface area contributed by atoms with Crippen LogP contribution in [0.25, 0.3) is 12.2 Å². The number of hydrogen-bond donors (Lipinski definition) is 2. The molecule has 0 unspecified atom stereocenters. The van der Waals surface area contributed by atoms with E-state index in [4.69, 9.17) is 4.55 Å². The molecule has 0 aromatic heterocycles. The zero-order chi connectivity index (χ0) is 38.0. The Morgan fingerprint density at radius 2 is 0.722 bits per heavy atom. The lowest BCUT2D eigenvalue weighted by atomic mass is 10.1. The van der Waals surface area contributed by atoms with E-state index in [0.29, 0.717) is 34.1 Å². The summed E-state index contributed by atoms with van der Waals surface area (Å²) in [6.45, 7) is 0. The first-order chi connectivity index (χ1) is 26.0. The van der Waals surface area contributed by atoms with Gasteiger partial charge in [-0.25, -0.2) is 0 Å². The first-order valence-electron chi connectivity index (χ1n) is 15.9. The Morgan fingerprint density at radius 3 is 1.13 bits per heavy atom. The van der Waals surface area contributed by atoms with Crippen LogP contribution in [0.5, 0.6) is 0 Å². The Labute approximate surface area is 310 Å². The molecule has 0 bridgehead atoms. The summed E-state index contributed by atoms with van der Waals surface area (Å²) in [6.07, 6.45) is 3.26. The van der Waals surface area contributed by atoms with Crippen LogP contribution >= 0.6 is 0 Å². The van der Waals surface area contributed by atoms with Crippen molar-refractivity contribution >= 4 is 77.9 Å². The van der Waals surface area contributed by atoms with E-state index < -0.39 is 20.2 Å². The number of azo groups is 4. The maximum Gasteiger partial charge on any atom is 0.295 e. The second-order valence-corrected chi connectivity index (χ2v) is 14.1. The lowest BCUT2D eigenvalue weighted by molar-refractivity contribution is 0.481. The first kappa shape index (κ1) is 37.1. The predicted molar refractivity (Wildman–Crippen MR) is 204 cm³/mol. The molecule has 0 saturated heterocycles. The van der Waals surface area contributed by atoms with Crippen LogP contribution in [0.1, 0.15) is 11.1 Å². The maximum absolute atomic E-state index is 12.2. The van der Waals surface area contributed by atoms with Gasteiger partial charge in [-0.2, -0.15) is 57.7 Å². The van der Waals surface area contributed by atoms with Crippen molar-refractivity contribution in [1.82, 2.24) is 0 Å². The maximum atomic E-state index is 12.2. The Kier molecular flexibility index (Phi) is 11.5. The molecule has 0 heterocycles. The minimum absolute atomic E-state index is 0.229. The van der Waals surface area contributed by atoms with E-state index in [1.807, 2.05) is 30.3 Å². The summed E-state index contributed by atoms with van der Waals surface area (Å²) in [5.74, 6) is 0. The molecule has 54 heavy (non-hydrogen) atoms. The Morgan fingerprint density at radius 1 is 0.370 bits per heavy atom. The van der Waals surface area contributed by atoms with Crippen LogP contribution < -0.4 is 0 Å². The molecule has 268 valence electrons. The highest BCUT2D eigenvalue weighted by Gasteiger charge is 2.15. The van der Waals surface area contributed by atoms with E-state index in [1.54, 1.807) is 91.0 Å². The quantitative estimate of drug-likeness (QED) is 0.0704. The van der Waals surface area contributed by atoms with Gasteiger partial charge < -0.3 is 0 Å². The summed E-state index contributed by atoms with van der Waals surface area (Å²) in [5.41, 5.74) is 5.17. The fourth-order valence-electron chi connectivity index (χ4n) is 4.60. The minimum Gasteiger partial charge on any atom is -0.282 e. The number of benzene rings is 6. The van der Waals surface area contributed by atoms with Crippen molar-refractivity contribution in [3.05, 3.63) is 157 Å². The number of nitrogens with zero attached hydrogens (tertiary/aromatic N) is 8. The predicted octanol–water partition coefficient (Wildman–Crippen LogP) is 12.0. The van der Waals surface area contributed by atoms with Crippen molar-refractivity contribution in [1.29, 1.82) is 0 Å². The van der Waals surface area contributed by atoms with Crippen molar-refractivity contribution in [2.24, 2.45) is 40.9 Å². The van der Waals surface area contributed by atoms with Crippen LogP contribution in [0, 0.1) is 0 Å². The standard InChI is InChI=1S/C38H28N8O6S2/c47-53(48,49)37-24-22-35(23-25-37)44-43-33-16-14-32(15-17-33)42-40-30-11-7-27(8-12-30)6-9-28-10-13-36(26-38(28)54(50,51)52)46-45-34-20-18-31(19-21-34)41-39-29-4-2-1-3-5-29/h1-26H,(H,47,48,49)(H,50,51,52). The van der Waals surface area contributed by atoms with Gasteiger partial charge in [0.15, 0.2) is 0 Å². The third kappa shape index (κ3) is 10.7. The average molecular weight is 757 g/mol. The molecule has 0 aliphatic heterocycles. The van der Waals surface area contributed by atoms with Crippen molar-refractivity contribution < 1.29 is 25.9 Å². The van der Waals surface area contributed by atoms with Gasteiger partial charge in [0.05, 0.1) is 50.4 Å². The molecule has 0 atom stereocenters. The van der Waals surface area contributed by atoms with E-state index >= 15 is 0 Å². The lowest BCUT2D eigenvalue weighted by Gasteiger charge is -2.04. The second kappa shape index (κ2) is 16.7. The van der Waals surface area contributed by atoms with Crippen LogP contribution in [-0.4, -0.2) is 25.9 Å². The Hall–Kier alpha value is -6.72. The monoisotopic (exact) mass is 756 g/mol. The van der Waals surface area contributed by atoms with E-state index in [9.17, 15) is 21.4 Å². The van der Waals surface area contributed by atoms with Crippen LogP contribution in [0.15, 0.2) is 196 Å². The molecular formula is C38H28N8O6S2. The number of rotatable bonds is 12. The normalized spacial score (nSPS) is 12.6. The second-order valence-electron chi connectivity index (χ2n) is 11.3. The highest BCUT2D eigenvalue weighted by molar-refractivity contribution is 7.86. The van der Waals surface area contributed by atoms with Gasteiger partial charge >= 0.3 is 0 Å². The van der Waals surface area contributed by atoms with Crippen LogP contribution in [0.2, 0.25) is 0 Å². The molecule has 0 amide bonds. The van der Waals surface area contributed by atoms with Gasteiger partial charge in [0.1, 0.15) is 4.90 Å². The molecule has 16 heteroatoms. The smallest absolute Gasteiger partial charge is 0.282 e.